The molecule has 0 bridgehead atoms. The first-order valence-corrected chi connectivity index (χ1v) is 25.7. The summed E-state index contributed by atoms with van der Waals surface area (Å²) < 4.78 is 103. The minimum absolute atomic E-state index is 0.445. The first-order valence-electron chi connectivity index (χ1n) is 25.7. The van der Waals surface area contributed by atoms with Gasteiger partial charge >= 0.3 is 12.1 Å². The lowest BCUT2D eigenvalue weighted by molar-refractivity contribution is -0.221. The fraction of sp³-hybridized carbons (Fsp3) is 0.898. The molecule has 4 unspecified atom stereocenters. The van der Waals surface area contributed by atoms with E-state index in [1.165, 1.54) is 28.4 Å². The maximum absolute atomic E-state index is 14.8. The zero-order valence-corrected chi connectivity index (χ0v) is 45.8. The quantitative estimate of drug-likeness (QED) is 0.111. The fourth-order valence-corrected chi connectivity index (χ4v) is 11.4. The topological polar surface area (TPSA) is 311 Å². The summed E-state index contributed by atoms with van der Waals surface area (Å²) in [7, 11) is 5.71. The average molecular weight is 1090 g/mol. The molecule has 8 aliphatic rings. The number of ether oxygens (including phenoxy) is 17. The second-order valence-electron chi connectivity index (χ2n) is 23.1. The maximum Gasteiger partial charge on any atom is 0.407 e. The Hall–Kier alpha value is -3.49. The Labute approximate surface area is 441 Å². The number of rotatable bonds is 20. The molecule has 8 saturated heterocycles. The van der Waals surface area contributed by atoms with Gasteiger partial charge < -0.3 is 107 Å². The van der Waals surface area contributed by atoms with Crippen molar-refractivity contribution in [2.24, 2.45) is 0 Å². The van der Waals surface area contributed by atoms with E-state index in [-0.39, 0.29) is 0 Å². The van der Waals surface area contributed by atoms with Gasteiger partial charge in [-0.2, -0.15) is 0 Å². The van der Waals surface area contributed by atoms with E-state index in [1.54, 1.807) is 76.2 Å². The standard InChI is InChI=1S/C49H78N4O23/c1-45(2,3)76-44(59)53-22(30-34(62-14)38-42(66-30)74-48(8,9)70-38)18-26(56)51-20(28-32(60-12)36-40(64-28)72-46(4,5)68-36)16-24(54)50-21(29-33(61-13)37-41(65-29)73-47(6,7)69-37)17-25(55)52-23(19-27(57)58)31-35(63-15)39-43(67-31)75-49(10,11)71-39/h20-23,28-43H,16-19H2,1-15H3,(H,50,54)(H,51,56)(H,52,55)(H,53,59)(H,57,58)/t20?,21?,22?,23?,28-,29-,30-,31-,32-,33-,34-,35-,36+,37+,38+,39+,40+,41+,42+,43+/m0/s1. The Morgan fingerprint density at radius 2 is 0.684 bits per heavy atom. The number of hydrogen-bond donors (Lipinski definition) is 5. The van der Waals surface area contributed by atoms with Crippen molar-refractivity contribution < 1.29 is 110 Å². The number of hydrogen-bond acceptors (Lipinski definition) is 22. The minimum Gasteiger partial charge on any atom is -0.481 e. The Morgan fingerprint density at radius 3 is 0.921 bits per heavy atom. The molecule has 0 saturated carbocycles. The summed E-state index contributed by atoms with van der Waals surface area (Å²) in [6.45, 7) is 18.7. The van der Waals surface area contributed by atoms with Crippen LogP contribution in [0.3, 0.4) is 0 Å². The Balaban J connectivity index is 1.05. The largest absolute Gasteiger partial charge is 0.481 e. The van der Waals surface area contributed by atoms with Crippen molar-refractivity contribution in [2.75, 3.05) is 28.4 Å². The van der Waals surface area contributed by atoms with Gasteiger partial charge in [-0.15, -0.1) is 0 Å². The molecule has 0 aromatic heterocycles. The van der Waals surface area contributed by atoms with E-state index in [4.69, 9.17) is 80.5 Å². The lowest BCUT2D eigenvalue weighted by Gasteiger charge is -2.34. The lowest BCUT2D eigenvalue weighted by atomic mass is 9.96. The van der Waals surface area contributed by atoms with Crippen LogP contribution < -0.4 is 21.3 Å². The molecule has 8 rings (SSSR count). The molecule has 5 N–H and O–H groups in total. The molecule has 27 heteroatoms. The van der Waals surface area contributed by atoms with Crippen molar-refractivity contribution in [2.45, 2.75) is 253 Å². The first kappa shape index (κ1) is 58.7. The molecule has 8 heterocycles. The molecule has 27 nitrogen and oxygen atoms in total. The van der Waals surface area contributed by atoms with Crippen LogP contribution in [0.1, 0.15) is 102 Å². The summed E-state index contributed by atoms with van der Waals surface area (Å²) in [6, 6.07) is -4.71. The molecule has 432 valence electrons. The second-order valence-corrected chi connectivity index (χ2v) is 23.1. The molecular weight excluding hydrogens is 1010 g/mol. The highest BCUT2D eigenvalue weighted by Crippen LogP contribution is 2.44. The average Bonchev–Trinajstić information content (AvgIpc) is 4.15. The highest BCUT2D eigenvalue weighted by molar-refractivity contribution is 5.83. The van der Waals surface area contributed by atoms with Crippen LogP contribution >= 0.6 is 0 Å². The van der Waals surface area contributed by atoms with E-state index in [0.29, 0.717) is 0 Å². The number of carbonyl (C=O) groups is 5. The van der Waals surface area contributed by atoms with Gasteiger partial charge in [-0.25, -0.2) is 4.79 Å². The van der Waals surface area contributed by atoms with Gasteiger partial charge in [0.05, 0.1) is 30.6 Å². The van der Waals surface area contributed by atoms with Crippen LogP contribution in [-0.4, -0.2) is 215 Å². The normalized spacial score (nSPS) is 38.8. The Kier molecular flexibility index (Phi) is 17.1. The second kappa shape index (κ2) is 22.2. The molecule has 0 radical (unpaired) electrons. The molecule has 0 aromatic rings. The van der Waals surface area contributed by atoms with Gasteiger partial charge in [0, 0.05) is 47.7 Å². The Morgan fingerprint density at radius 1 is 0.434 bits per heavy atom. The summed E-state index contributed by atoms with van der Waals surface area (Å²) in [6.07, 6.45) is -17.3. The predicted molar refractivity (Wildman–Crippen MR) is 253 cm³/mol. The summed E-state index contributed by atoms with van der Waals surface area (Å²) in [5.41, 5.74) is -0.912. The monoisotopic (exact) mass is 1090 g/mol. The van der Waals surface area contributed by atoms with E-state index in [2.05, 4.69) is 21.3 Å². The third-order valence-electron chi connectivity index (χ3n) is 14.1. The van der Waals surface area contributed by atoms with Crippen molar-refractivity contribution in [1.82, 2.24) is 21.3 Å². The van der Waals surface area contributed by atoms with Gasteiger partial charge in [0.15, 0.2) is 48.3 Å². The molecule has 4 amide bonds. The highest BCUT2D eigenvalue weighted by Gasteiger charge is 2.62. The Bertz CT molecular complexity index is 2120. The number of carboxylic acid groups (broad SMARTS) is 1. The first-order chi connectivity index (χ1) is 35.4. The minimum atomic E-state index is -1.24. The van der Waals surface area contributed by atoms with E-state index < -0.39 is 207 Å². The number of fused-ring (bicyclic) bond motifs is 4. The third kappa shape index (κ3) is 13.1. The molecule has 8 fully saturated rings. The maximum atomic E-state index is 14.8. The van der Waals surface area contributed by atoms with Gasteiger partial charge in [-0.1, -0.05) is 0 Å². The van der Waals surface area contributed by atoms with Crippen molar-refractivity contribution >= 4 is 29.8 Å². The molecule has 0 aromatic carbocycles. The molecule has 8 aliphatic heterocycles. The van der Waals surface area contributed by atoms with E-state index >= 15 is 0 Å². The SMILES string of the molecule is CO[C@@H]1[C@H]2OC(C)(C)O[C@H]2O[C@H]1C(CC(=O)O)NC(=O)CC(NC(=O)CC(NC(=O)CC(NC(=O)OC(C)(C)C)[C@@H]1O[C@@H]2OC(C)(C)O[C@@H]2[C@H]1OC)[C@@H]1O[C@@H]2OC(C)(C)O[C@@H]2[C@H]1OC)[C@@H]1O[C@@H]2OC(C)(C)O[C@@H]2[C@H]1OC. The van der Waals surface area contributed by atoms with E-state index in [9.17, 15) is 29.1 Å². The number of nitrogens with one attached hydrogen (secondary N) is 4. The summed E-state index contributed by atoms with van der Waals surface area (Å²) >= 11 is 0. The van der Waals surface area contributed by atoms with Crippen LogP contribution in [0.15, 0.2) is 0 Å². The van der Waals surface area contributed by atoms with Crippen LogP contribution in [0.5, 0.6) is 0 Å². The van der Waals surface area contributed by atoms with Crippen molar-refractivity contribution in [1.29, 1.82) is 0 Å². The van der Waals surface area contributed by atoms with Gasteiger partial charge in [0.2, 0.25) is 17.7 Å². The number of methoxy groups -OCH3 is 4. The molecule has 76 heavy (non-hydrogen) atoms. The third-order valence-corrected chi connectivity index (χ3v) is 14.1. The van der Waals surface area contributed by atoms with Crippen molar-refractivity contribution in [3.8, 4) is 0 Å². The molecule has 0 spiro atoms. The van der Waals surface area contributed by atoms with Crippen molar-refractivity contribution in [3.63, 3.8) is 0 Å². The van der Waals surface area contributed by atoms with Gasteiger partial charge in [-0.3, -0.25) is 19.2 Å². The summed E-state index contributed by atoms with van der Waals surface area (Å²) in [5.74, 6) is -7.48. The molecule has 0 aliphatic carbocycles. The van der Waals surface area contributed by atoms with E-state index in [1.807, 2.05) is 0 Å². The van der Waals surface area contributed by atoms with Crippen LogP contribution in [0.25, 0.3) is 0 Å². The smallest absolute Gasteiger partial charge is 0.407 e. The molecule has 20 atom stereocenters. The fourth-order valence-electron chi connectivity index (χ4n) is 11.4. The lowest BCUT2D eigenvalue weighted by Crippen LogP contribution is -2.57. The van der Waals surface area contributed by atoms with Crippen LogP contribution in [0, 0.1) is 0 Å². The highest BCUT2D eigenvalue weighted by atomic mass is 16.9. The van der Waals surface area contributed by atoms with Crippen LogP contribution in [0.2, 0.25) is 0 Å². The number of aliphatic carboxylic acids is 1. The molecular formula is C49H78N4O23. The summed E-state index contributed by atoms with van der Waals surface area (Å²) in [5, 5.41) is 21.5. The van der Waals surface area contributed by atoms with Crippen LogP contribution in [-0.2, 0) is 99.7 Å². The number of carbonyl (C=O) groups excluding carboxylic acids is 4. The number of amides is 4. The number of carboxylic acids is 1. The van der Waals surface area contributed by atoms with Crippen molar-refractivity contribution in [3.05, 3.63) is 0 Å². The zero-order valence-electron chi connectivity index (χ0n) is 45.8. The van der Waals surface area contributed by atoms with Gasteiger partial charge in [0.25, 0.3) is 0 Å². The van der Waals surface area contributed by atoms with Gasteiger partial charge in [0.1, 0.15) is 78.8 Å². The van der Waals surface area contributed by atoms with Crippen LogP contribution in [0.4, 0.5) is 4.79 Å². The van der Waals surface area contributed by atoms with E-state index in [0.717, 1.165) is 0 Å². The summed E-state index contributed by atoms with van der Waals surface area (Å²) in [4.78, 5) is 69.6. The van der Waals surface area contributed by atoms with Gasteiger partial charge in [-0.05, 0) is 76.2 Å². The predicted octanol–water partition coefficient (Wildman–Crippen LogP) is 0.545. The zero-order chi connectivity index (χ0) is 55.6. The number of alkyl carbamates (subject to hydrolysis) is 1.